The van der Waals surface area contributed by atoms with Gasteiger partial charge in [0.1, 0.15) is 11.4 Å². The molecule has 0 aliphatic carbocycles. The highest BCUT2D eigenvalue weighted by molar-refractivity contribution is 5.78. The van der Waals surface area contributed by atoms with Gasteiger partial charge in [0.25, 0.3) is 0 Å². The van der Waals surface area contributed by atoms with Gasteiger partial charge in [0.05, 0.1) is 18.2 Å². The topological polar surface area (TPSA) is 76.4 Å². The van der Waals surface area contributed by atoms with E-state index in [1.165, 1.54) is 12.1 Å². The van der Waals surface area contributed by atoms with E-state index in [-0.39, 0.29) is 18.3 Å². The molecule has 1 heterocycles. The summed E-state index contributed by atoms with van der Waals surface area (Å²) in [5.74, 6) is -0.466. The first-order valence-electron chi connectivity index (χ1n) is 8.45. The Morgan fingerprint density at radius 1 is 1.23 bits per heavy atom. The van der Waals surface area contributed by atoms with Crippen LogP contribution in [0.15, 0.2) is 48.5 Å². The van der Waals surface area contributed by atoms with Crippen molar-refractivity contribution in [3.63, 3.8) is 0 Å². The van der Waals surface area contributed by atoms with Crippen molar-refractivity contribution in [3.05, 3.63) is 71.0 Å². The molecule has 1 aliphatic heterocycles. The third-order valence-electron chi connectivity index (χ3n) is 4.65. The zero-order valence-electron chi connectivity index (χ0n) is 14.3. The molecule has 0 bridgehead atoms. The molecule has 1 aliphatic rings. The summed E-state index contributed by atoms with van der Waals surface area (Å²) >= 11 is 0. The fourth-order valence-corrected chi connectivity index (χ4v) is 3.16. The second-order valence-electron chi connectivity index (χ2n) is 6.58. The van der Waals surface area contributed by atoms with Crippen LogP contribution >= 0.6 is 0 Å². The molecule has 2 N–H and O–H groups in total. The molecule has 0 radical (unpaired) electrons. The van der Waals surface area contributed by atoms with Gasteiger partial charge < -0.3 is 10.4 Å². The Morgan fingerprint density at radius 3 is 2.58 bits per heavy atom. The molecule has 1 saturated heterocycles. The van der Waals surface area contributed by atoms with E-state index < -0.39 is 5.60 Å². The molecular weight excluding hydrogens is 333 g/mol. The van der Waals surface area contributed by atoms with E-state index in [1.54, 1.807) is 24.3 Å². The van der Waals surface area contributed by atoms with Crippen molar-refractivity contribution >= 4 is 5.91 Å². The van der Waals surface area contributed by atoms with Crippen molar-refractivity contribution in [2.24, 2.45) is 0 Å². The zero-order chi connectivity index (χ0) is 18.6. The normalized spacial score (nSPS) is 19.9. The van der Waals surface area contributed by atoms with E-state index in [9.17, 15) is 14.3 Å². The first-order valence-corrected chi connectivity index (χ1v) is 8.45. The number of likely N-dealkylation sites (tertiary alicyclic amines) is 1. The van der Waals surface area contributed by atoms with E-state index in [1.807, 2.05) is 17.0 Å². The van der Waals surface area contributed by atoms with Gasteiger partial charge in [0.2, 0.25) is 5.91 Å². The summed E-state index contributed by atoms with van der Waals surface area (Å²) in [6.45, 7) is 1.52. The zero-order valence-corrected chi connectivity index (χ0v) is 14.3. The van der Waals surface area contributed by atoms with Crippen molar-refractivity contribution in [1.29, 1.82) is 5.26 Å². The van der Waals surface area contributed by atoms with Crippen LogP contribution in [0.3, 0.4) is 0 Å². The summed E-state index contributed by atoms with van der Waals surface area (Å²) in [5.41, 5.74) is 1.11. The number of nitrogens with one attached hydrogen (secondary N) is 1. The van der Waals surface area contributed by atoms with Crippen LogP contribution in [0.1, 0.15) is 23.1 Å². The van der Waals surface area contributed by atoms with Gasteiger partial charge in [-0.25, -0.2) is 4.39 Å². The van der Waals surface area contributed by atoms with Crippen LogP contribution in [0, 0.1) is 17.1 Å². The van der Waals surface area contributed by atoms with Crippen LogP contribution in [-0.2, 0) is 16.9 Å². The molecule has 1 fully saturated rings. The van der Waals surface area contributed by atoms with E-state index >= 15 is 0 Å². The summed E-state index contributed by atoms with van der Waals surface area (Å²) in [6.07, 6.45) is 0.502. The van der Waals surface area contributed by atoms with Gasteiger partial charge in [0.15, 0.2) is 0 Å². The SMILES string of the molecule is N#Cc1ccc(CNC(=O)CN2CCC(O)(c3ccc(F)cc3)C2)cc1. The van der Waals surface area contributed by atoms with Gasteiger partial charge in [-0.15, -0.1) is 0 Å². The lowest BCUT2D eigenvalue weighted by Gasteiger charge is -2.24. The summed E-state index contributed by atoms with van der Waals surface area (Å²) in [6, 6.07) is 14.9. The number of benzene rings is 2. The van der Waals surface area contributed by atoms with E-state index in [4.69, 9.17) is 5.26 Å². The molecule has 2 aromatic carbocycles. The number of rotatable bonds is 5. The molecule has 1 unspecified atom stereocenters. The fourth-order valence-electron chi connectivity index (χ4n) is 3.16. The number of carbonyl (C=O) groups is 1. The number of β-amino-alcohol motifs (C(OH)–C–C–N with tert-alkyl or cyclic N) is 1. The molecular formula is C20H20FN3O2. The molecule has 0 spiro atoms. The molecule has 2 aromatic rings. The van der Waals surface area contributed by atoms with Gasteiger partial charge >= 0.3 is 0 Å². The maximum atomic E-state index is 13.1. The van der Waals surface area contributed by atoms with Gasteiger partial charge in [-0.05, 0) is 41.8 Å². The molecule has 1 amide bonds. The largest absolute Gasteiger partial charge is 0.384 e. The van der Waals surface area contributed by atoms with E-state index in [0.29, 0.717) is 37.2 Å². The number of hydrogen-bond donors (Lipinski definition) is 2. The molecule has 26 heavy (non-hydrogen) atoms. The third kappa shape index (κ3) is 4.26. The lowest BCUT2D eigenvalue weighted by atomic mass is 9.93. The lowest BCUT2D eigenvalue weighted by molar-refractivity contribution is -0.122. The van der Waals surface area contributed by atoms with Crippen LogP contribution in [0.4, 0.5) is 4.39 Å². The Morgan fingerprint density at radius 2 is 1.92 bits per heavy atom. The van der Waals surface area contributed by atoms with Crippen molar-refractivity contribution in [1.82, 2.24) is 10.2 Å². The summed E-state index contributed by atoms with van der Waals surface area (Å²) < 4.78 is 13.1. The quantitative estimate of drug-likeness (QED) is 0.861. The predicted molar refractivity (Wildman–Crippen MR) is 94.4 cm³/mol. The minimum atomic E-state index is -1.05. The lowest BCUT2D eigenvalue weighted by Crippen LogP contribution is -2.38. The number of nitrogens with zero attached hydrogens (tertiary/aromatic N) is 2. The Balaban J connectivity index is 1.50. The van der Waals surface area contributed by atoms with Crippen LogP contribution in [0.25, 0.3) is 0 Å². The highest BCUT2D eigenvalue weighted by atomic mass is 19.1. The maximum absolute atomic E-state index is 13.1. The molecule has 0 aromatic heterocycles. The van der Waals surface area contributed by atoms with Gasteiger partial charge in [-0.1, -0.05) is 24.3 Å². The first kappa shape index (κ1) is 18.1. The van der Waals surface area contributed by atoms with Crippen LogP contribution in [-0.4, -0.2) is 35.5 Å². The Labute approximate surface area is 151 Å². The number of halogens is 1. The molecule has 6 heteroatoms. The molecule has 5 nitrogen and oxygen atoms in total. The van der Waals surface area contributed by atoms with Crippen molar-refractivity contribution < 1.29 is 14.3 Å². The summed E-state index contributed by atoms with van der Waals surface area (Å²) in [4.78, 5) is 14.0. The second kappa shape index (κ2) is 7.65. The predicted octanol–water partition coefficient (Wildman–Crippen LogP) is 1.91. The monoisotopic (exact) mass is 353 g/mol. The summed E-state index contributed by atoms with van der Waals surface area (Å²) in [5, 5.41) is 22.4. The Bertz CT molecular complexity index is 814. The van der Waals surface area contributed by atoms with E-state index in [2.05, 4.69) is 11.4 Å². The molecule has 3 rings (SSSR count). The second-order valence-corrected chi connectivity index (χ2v) is 6.58. The van der Waals surface area contributed by atoms with Crippen LogP contribution in [0.5, 0.6) is 0 Å². The van der Waals surface area contributed by atoms with Gasteiger partial charge in [0, 0.05) is 19.6 Å². The first-order chi connectivity index (χ1) is 12.5. The smallest absolute Gasteiger partial charge is 0.234 e. The fraction of sp³-hybridized carbons (Fsp3) is 0.300. The minimum absolute atomic E-state index is 0.127. The molecule has 0 saturated carbocycles. The molecule has 134 valence electrons. The van der Waals surface area contributed by atoms with Crippen LogP contribution in [0.2, 0.25) is 0 Å². The highest BCUT2D eigenvalue weighted by Gasteiger charge is 2.38. The van der Waals surface area contributed by atoms with Gasteiger partial charge in [-0.3, -0.25) is 9.69 Å². The number of hydrogen-bond acceptors (Lipinski definition) is 4. The van der Waals surface area contributed by atoms with Crippen molar-refractivity contribution in [3.8, 4) is 6.07 Å². The van der Waals surface area contributed by atoms with Gasteiger partial charge in [-0.2, -0.15) is 5.26 Å². The van der Waals surface area contributed by atoms with Crippen molar-refractivity contribution in [2.45, 2.75) is 18.6 Å². The number of carbonyl (C=O) groups excluding carboxylic acids is 1. The number of nitriles is 1. The van der Waals surface area contributed by atoms with Crippen molar-refractivity contribution in [2.75, 3.05) is 19.6 Å². The summed E-state index contributed by atoms with van der Waals surface area (Å²) in [7, 11) is 0. The standard InChI is InChI=1S/C20H20FN3O2/c21-18-7-5-17(6-8-18)20(26)9-10-24(14-20)13-19(25)23-12-16-3-1-15(11-22)2-4-16/h1-8,26H,9-10,12-14H2,(H,23,25). The number of amides is 1. The average molecular weight is 353 g/mol. The average Bonchev–Trinajstić information content (AvgIpc) is 3.02. The Kier molecular flexibility index (Phi) is 5.31. The minimum Gasteiger partial charge on any atom is -0.384 e. The third-order valence-corrected chi connectivity index (χ3v) is 4.65. The number of aliphatic hydroxyl groups is 1. The molecule has 1 atom stereocenters. The van der Waals surface area contributed by atoms with Crippen LogP contribution < -0.4 is 5.32 Å². The Hall–Kier alpha value is -2.75. The highest BCUT2D eigenvalue weighted by Crippen LogP contribution is 2.31. The van der Waals surface area contributed by atoms with E-state index in [0.717, 1.165) is 5.56 Å². The maximum Gasteiger partial charge on any atom is 0.234 e.